The molecule has 0 atom stereocenters. The van der Waals surface area contributed by atoms with Crippen LogP contribution in [-0.4, -0.2) is 15.9 Å². The Morgan fingerprint density at radius 1 is 1.24 bits per heavy atom. The first kappa shape index (κ1) is 15.5. The summed E-state index contributed by atoms with van der Waals surface area (Å²) in [5, 5.41) is 23.0. The summed E-state index contributed by atoms with van der Waals surface area (Å²) in [5.74, 6) is -0.940. The minimum atomic E-state index is -0.675. The van der Waals surface area contributed by atoms with Gasteiger partial charge in [-0.25, -0.2) is 0 Å². The number of nitrogens with zero attached hydrogens (tertiary/aromatic N) is 1. The van der Waals surface area contributed by atoms with Crippen molar-refractivity contribution >= 4 is 49.1 Å². The molecular formula is C13H8Br2N2O4. The third kappa shape index (κ3) is 3.40. The number of hydrogen-bond donors (Lipinski definition) is 2. The summed E-state index contributed by atoms with van der Waals surface area (Å²) >= 11 is 6.50. The topological polar surface area (TPSA) is 92.5 Å². The molecule has 0 aliphatic heterocycles. The van der Waals surface area contributed by atoms with Crippen LogP contribution in [0.4, 0.5) is 11.4 Å². The van der Waals surface area contributed by atoms with Gasteiger partial charge in [0.2, 0.25) is 0 Å². The Morgan fingerprint density at radius 2 is 1.95 bits per heavy atom. The fraction of sp³-hybridized carbons (Fsp3) is 0. The average molecular weight is 416 g/mol. The molecule has 8 heteroatoms. The van der Waals surface area contributed by atoms with E-state index in [1.807, 2.05) is 0 Å². The SMILES string of the molecule is O=C(Nc1c(O)cccc1[N+](=O)[O-])c1ccc(Br)cc1Br. The molecule has 2 aromatic rings. The number of amides is 1. The lowest BCUT2D eigenvalue weighted by atomic mass is 10.2. The van der Waals surface area contributed by atoms with Gasteiger partial charge in [0.25, 0.3) is 11.6 Å². The zero-order valence-electron chi connectivity index (χ0n) is 10.3. The summed E-state index contributed by atoms with van der Waals surface area (Å²) in [4.78, 5) is 22.4. The second-order valence-corrected chi connectivity index (χ2v) is 5.78. The van der Waals surface area contributed by atoms with Crippen molar-refractivity contribution in [2.75, 3.05) is 5.32 Å². The lowest BCUT2D eigenvalue weighted by Gasteiger charge is -2.09. The Morgan fingerprint density at radius 3 is 2.57 bits per heavy atom. The number of aromatic hydroxyl groups is 1. The molecule has 0 unspecified atom stereocenters. The van der Waals surface area contributed by atoms with Crippen LogP contribution in [0.2, 0.25) is 0 Å². The predicted octanol–water partition coefficient (Wildman–Crippen LogP) is 4.08. The van der Waals surface area contributed by atoms with Gasteiger partial charge in [-0.05, 0) is 40.2 Å². The van der Waals surface area contributed by atoms with Crippen molar-refractivity contribution in [1.29, 1.82) is 0 Å². The molecule has 0 saturated heterocycles. The number of phenolic OH excluding ortho intramolecular Hbond substituents is 1. The maximum atomic E-state index is 12.2. The van der Waals surface area contributed by atoms with Crippen LogP contribution in [0.1, 0.15) is 10.4 Å². The third-order valence-electron chi connectivity index (χ3n) is 2.63. The van der Waals surface area contributed by atoms with Crippen LogP contribution in [0.15, 0.2) is 45.3 Å². The summed E-state index contributed by atoms with van der Waals surface area (Å²) in [7, 11) is 0. The Bertz CT molecular complexity index is 734. The van der Waals surface area contributed by atoms with E-state index in [4.69, 9.17) is 0 Å². The van der Waals surface area contributed by atoms with Gasteiger partial charge in [0, 0.05) is 15.0 Å². The number of rotatable bonds is 3. The highest BCUT2D eigenvalue weighted by Gasteiger charge is 2.21. The van der Waals surface area contributed by atoms with Crippen LogP contribution in [0.3, 0.4) is 0 Å². The van der Waals surface area contributed by atoms with Crippen molar-refractivity contribution < 1.29 is 14.8 Å². The van der Waals surface area contributed by atoms with E-state index in [9.17, 15) is 20.0 Å². The summed E-state index contributed by atoms with van der Waals surface area (Å²) in [6.07, 6.45) is 0. The number of para-hydroxylation sites is 1. The molecule has 2 N–H and O–H groups in total. The standard InChI is InChI=1S/C13H8Br2N2O4/c14-7-4-5-8(9(15)6-7)13(19)16-12-10(17(20)21)2-1-3-11(12)18/h1-6,18H,(H,16,19). The molecule has 2 aromatic carbocycles. The van der Waals surface area contributed by atoms with Gasteiger partial charge in [-0.2, -0.15) is 0 Å². The molecule has 0 saturated carbocycles. The quantitative estimate of drug-likeness (QED) is 0.448. The number of phenols is 1. The molecule has 0 aliphatic carbocycles. The normalized spacial score (nSPS) is 10.2. The molecule has 0 bridgehead atoms. The highest BCUT2D eigenvalue weighted by atomic mass is 79.9. The van der Waals surface area contributed by atoms with Crippen LogP contribution < -0.4 is 5.32 Å². The van der Waals surface area contributed by atoms with Crippen molar-refractivity contribution in [3.8, 4) is 5.75 Å². The number of halogens is 2. The van der Waals surface area contributed by atoms with E-state index < -0.39 is 10.8 Å². The van der Waals surface area contributed by atoms with E-state index >= 15 is 0 Å². The average Bonchev–Trinajstić information content (AvgIpc) is 2.40. The summed E-state index contributed by atoms with van der Waals surface area (Å²) < 4.78 is 1.30. The molecular weight excluding hydrogens is 408 g/mol. The van der Waals surface area contributed by atoms with Crippen molar-refractivity contribution in [3.63, 3.8) is 0 Å². The molecule has 0 radical (unpaired) electrons. The van der Waals surface area contributed by atoms with Gasteiger partial charge in [0.1, 0.15) is 5.75 Å². The monoisotopic (exact) mass is 414 g/mol. The van der Waals surface area contributed by atoms with Crippen molar-refractivity contribution in [2.24, 2.45) is 0 Å². The zero-order valence-corrected chi connectivity index (χ0v) is 13.5. The highest BCUT2D eigenvalue weighted by molar-refractivity contribution is 9.11. The number of nitro benzene ring substituents is 1. The molecule has 0 heterocycles. The van der Waals surface area contributed by atoms with Gasteiger partial charge in [-0.15, -0.1) is 0 Å². The smallest absolute Gasteiger partial charge is 0.296 e. The molecule has 0 fully saturated rings. The molecule has 21 heavy (non-hydrogen) atoms. The second-order valence-electron chi connectivity index (χ2n) is 4.01. The molecule has 1 amide bonds. The third-order valence-corrected chi connectivity index (χ3v) is 3.78. The first-order chi connectivity index (χ1) is 9.90. The number of anilines is 1. The number of benzene rings is 2. The number of hydrogen-bond acceptors (Lipinski definition) is 4. The largest absolute Gasteiger partial charge is 0.505 e. The van der Waals surface area contributed by atoms with Crippen molar-refractivity contribution in [3.05, 3.63) is 61.0 Å². The van der Waals surface area contributed by atoms with E-state index in [0.29, 0.717) is 4.47 Å². The summed E-state index contributed by atoms with van der Waals surface area (Å²) in [5.41, 5.74) is -0.324. The van der Waals surface area contributed by atoms with E-state index in [1.54, 1.807) is 18.2 Å². The lowest BCUT2D eigenvalue weighted by Crippen LogP contribution is -2.14. The Kier molecular flexibility index (Phi) is 4.59. The Balaban J connectivity index is 2.38. The number of nitrogens with one attached hydrogen (secondary N) is 1. The van der Waals surface area contributed by atoms with Gasteiger partial charge in [-0.3, -0.25) is 14.9 Å². The second kappa shape index (κ2) is 6.23. The van der Waals surface area contributed by atoms with Crippen LogP contribution in [0, 0.1) is 10.1 Å². The fourth-order valence-electron chi connectivity index (χ4n) is 1.66. The fourth-order valence-corrected chi connectivity index (χ4v) is 2.89. The Labute approximate surface area is 136 Å². The minimum absolute atomic E-state index is 0.234. The molecule has 2 rings (SSSR count). The molecule has 108 valence electrons. The van der Waals surface area contributed by atoms with E-state index in [2.05, 4.69) is 37.2 Å². The van der Waals surface area contributed by atoms with Crippen molar-refractivity contribution in [2.45, 2.75) is 0 Å². The maximum Gasteiger partial charge on any atom is 0.296 e. The predicted molar refractivity (Wildman–Crippen MR) is 84.6 cm³/mol. The van der Waals surface area contributed by atoms with Gasteiger partial charge in [0.15, 0.2) is 5.69 Å². The van der Waals surface area contributed by atoms with E-state index in [0.717, 1.165) is 4.47 Å². The summed E-state index contributed by atoms with van der Waals surface area (Å²) in [6, 6.07) is 8.69. The van der Waals surface area contributed by atoms with Crippen LogP contribution in [0.5, 0.6) is 5.75 Å². The lowest BCUT2D eigenvalue weighted by molar-refractivity contribution is -0.384. The molecule has 6 nitrogen and oxygen atoms in total. The van der Waals surface area contributed by atoms with Gasteiger partial charge in [-0.1, -0.05) is 22.0 Å². The van der Waals surface area contributed by atoms with Crippen LogP contribution in [0.25, 0.3) is 0 Å². The van der Waals surface area contributed by atoms with Crippen LogP contribution >= 0.6 is 31.9 Å². The number of carbonyl (C=O) groups is 1. The Hall–Kier alpha value is -1.93. The first-order valence-electron chi connectivity index (χ1n) is 5.63. The van der Waals surface area contributed by atoms with Gasteiger partial charge in [0.05, 0.1) is 10.5 Å². The number of carbonyl (C=O) groups excluding carboxylic acids is 1. The van der Waals surface area contributed by atoms with Gasteiger partial charge >= 0.3 is 0 Å². The van der Waals surface area contributed by atoms with Crippen LogP contribution in [-0.2, 0) is 0 Å². The van der Waals surface area contributed by atoms with E-state index in [-0.39, 0.29) is 22.7 Å². The van der Waals surface area contributed by atoms with Gasteiger partial charge < -0.3 is 10.4 Å². The van der Waals surface area contributed by atoms with Crippen molar-refractivity contribution in [1.82, 2.24) is 0 Å². The zero-order chi connectivity index (χ0) is 15.6. The molecule has 0 aromatic heterocycles. The minimum Gasteiger partial charge on any atom is -0.505 e. The maximum absolute atomic E-state index is 12.2. The first-order valence-corrected chi connectivity index (χ1v) is 7.21. The number of nitro groups is 1. The molecule has 0 aliphatic rings. The molecule has 0 spiro atoms. The van der Waals surface area contributed by atoms with E-state index in [1.165, 1.54) is 18.2 Å². The summed E-state index contributed by atoms with van der Waals surface area (Å²) in [6.45, 7) is 0. The highest BCUT2D eigenvalue weighted by Crippen LogP contribution is 2.34.